The Morgan fingerprint density at radius 3 is 2.23 bits per heavy atom. The van der Waals surface area contributed by atoms with Crippen molar-refractivity contribution in [3.05, 3.63) is 22.0 Å². The lowest BCUT2D eigenvalue weighted by atomic mass is 9.64. The molecule has 1 spiro atoms. The van der Waals surface area contributed by atoms with Crippen LogP contribution in [0.3, 0.4) is 0 Å². The Balaban J connectivity index is 2.45. The molecule has 0 aromatic rings. The molecule has 0 aromatic carbocycles. The number of rotatable bonds is 2. The van der Waals surface area contributed by atoms with E-state index in [1.165, 1.54) is 0 Å². The lowest BCUT2D eigenvalue weighted by Gasteiger charge is -2.41. The van der Waals surface area contributed by atoms with E-state index in [9.17, 15) is 10.5 Å². The Bertz CT molecular complexity index is 590. The monoisotopic (exact) mass is 316 g/mol. The van der Waals surface area contributed by atoms with Gasteiger partial charge in [0.15, 0.2) is 0 Å². The van der Waals surface area contributed by atoms with Crippen molar-refractivity contribution in [2.24, 2.45) is 16.6 Å². The molecule has 0 unspecified atom stereocenters. The number of hydrogen-bond donors (Lipinski definition) is 2. The fraction of sp³-hybridized carbons (Fsp3) is 0.647. The maximum Gasteiger partial charge on any atom is 0.116 e. The molecular formula is C17H24N4S. The van der Waals surface area contributed by atoms with Gasteiger partial charge < -0.3 is 11.1 Å². The fourth-order valence-corrected chi connectivity index (χ4v) is 4.37. The summed E-state index contributed by atoms with van der Waals surface area (Å²) in [6, 6.07) is 4.66. The summed E-state index contributed by atoms with van der Waals surface area (Å²) in [5.41, 5.74) is 7.10. The van der Waals surface area contributed by atoms with E-state index in [-0.39, 0.29) is 5.41 Å². The normalized spacial score (nSPS) is 21.3. The first-order chi connectivity index (χ1) is 10.3. The van der Waals surface area contributed by atoms with Gasteiger partial charge in [0.2, 0.25) is 0 Å². The van der Waals surface area contributed by atoms with Crippen molar-refractivity contribution >= 4 is 11.8 Å². The highest BCUT2D eigenvalue weighted by molar-refractivity contribution is 8.03. The first-order valence-corrected chi connectivity index (χ1v) is 8.77. The summed E-state index contributed by atoms with van der Waals surface area (Å²) in [5, 5.41) is 23.3. The van der Waals surface area contributed by atoms with Crippen LogP contribution in [0.5, 0.6) is 0 Å². The molecule has 0 bridgehead atoms. The van der Waals surface area contributed by atoms with Crippen molar-refractivity contribution in [1.82, 2.24) is 5.32 Å². The van der Waals surface area contributed by atoms with Crippen LogP contribution in [0.15, 0.2) is 22.0 Å². The quantitative estimate of drug-likeness (QED) is 0.810. The Labute approximate surface area is 137 Å². The summed E-state index contributed by atoms with van der Waals surface area (Å²) >= 11 is 1.64. The maximum absolute atomic E-state index is 9.77. The molecular weight excluding hydrogens is 292 g/mol. The van der Waals surface area contributed by atoms with Crippen molar-refractivity contribution in [3.63, 3.8) is 0 Å². The molecule has 1 heterocycles. The van der Waals surface area contributed by atoms with Crippen LogP contribution < -0.4 is 11.1 Å². The minimum Gasteiger partial charge on any atom is -0.384 e. The zero-order valence-electron chi connectivity index (χ0n) is 13.6. The van der Waals surface area contributed by atoms with Crippen LogP contribution in [0.1, 0.15) is 52.9 Å². The van der Waals surface area contributed by atoms with Crippen molar-refractivity contribution in [2.45, 2.75) is 52.9 Å². The van der Waals surface area contributed by atoms with Crippen molar-refractivity contribution in [2.75, 3.05) is 5.75 Å². The highest BCUT2D eigenvalue weighted by Crippen LogP contribution is 2.52. The molecule has 1 saturated carbocycles. The predicted molar refractivity (Wildman–Crippen MR) is 90.0 cm³/mol. The summed E-state index contributed by atoms with van der Waals surface area (Å²) < 4.78 is 0. The lowest BCUT2D eigenvalue weighted by molar-refractivity contribution is 0.294. The zero-order valence-corrected chi connectivity index (χ0v) is 14.4. The average molecular weight is 316 g/mol. The summed E-state index contributed by atoms with van der Waals surface area (Å²) in [6.45, 7) is 6.52. The van der Waals surface area contributed by atoms with Crippen molar-refractivity contribution < 1.29 is 0 Å². The van der Waals surface area contributed by atoms with Gasteiger partial charge >= 0.3 is 0 Å². The molecule has 0 amide bonds. The predicted octanol–water partition coefficient (Wildman–Crippen LogP) is 3.75. The van der Waals surface area contributed by atoms with Crippen molar-refractivity contribution in [1.29, 1.82) is 10.5 Å². The number of nitriles is 2. The summed E-state index contributed by atoms with van der Waals surface area (Å²) in [7, 11) is 0. The number of dihydropyridines is 1. The second kappa shape index (κ2) is 6.26. The van der Waals surface area contributed by atoms with Crippen LogP contribution in [0.25, 0.3) is 0 Å². The van der Waals surface area contributed by atoms with E-state index in [0.29, 0.717) is 17.0 Å². The second-order valence-electron chi connectivity index (χ2n) is 7.33. The van der Waals surface area contributed by atoms with Gasteiger partial charge in [-0.1, -0.05) is 40.0 Å². The molecule has 5 heteroatoms. The molecule has 3 N–H and O–H groups in total. The highest BCUT2D eigenvalue weighted by Gasteiger charge is 2.45. The topological polar surface area (TPSA) is 85.6 Å². The first-order valence-electron chi connectivity index (χ1n) is 7.79. The van der Waals surface area contributed by atoms with Gasteiger partial charge in [0.05, 0.1) is 28.3 Å². The van der Waals surface area contributed by atoms with Gasteiger partial charge in [-0.05, 0) is 18.3 Å². The molecule has 2 aliphatic rings. The smallest absolute Gasteiger partial charge is 0.116 e. The number of thioether (sulfide) groups is 1. The number of hydrogen-bond acceptors (Lipinski definition) is 5. The van der Waals surface area contributed by atoms with Crippen LogP contribution in [-0.4, -0.2) is 5.75 Å². The Morgan fingerprint density at radius 1 is 1.14 bits per heavy atom. The Kier molecular flexibility index (Phi) is 4.78. The van der Waals surface area contributed by atoms with Gasteiger partial charge in [-0.2, -0.15) is 10.5 Å². The van der Waals surface area contributed by atoms with Gasteiger partial charge in [0.25, 0.3) is 0 Å². The SMILES string of the molecule is CC(C)(C)CSC1=C(C#N)C2(CCCCC2)C(C#N)=C(N)N1. The molecule has 1 fully saturated rings. The zero-order chi connectivity index (χ0) is 16.4. The van der Waals surface area contributed by atoms with Crippen molar-refractivity contribution in [3.8, 4) is 12.1 Å². The standard InChI is InChI=1S/C17H24N4S/c1-16(2,3)11-22-15-13(10-19)17(7-5-4-6-8-17)12(9-18)14(20)21-15/h21H,4-8,11,20H2,1-3H3. The number of nitrogens with one attached hydrogen (secondary N) is 1. The van der Waals surface area contributed by atoms with E-state index < -0.39 is 5.41 Å². The molecule has 22 heavy (non-hydrogen) atoms. The van der Waals surface area contributed by atoms with E-state index in [0.717, 1.165) is 42.9 Å². The van der Waals surface area contributed by atoms with Crippen LogP contribution >= 0.6 is 11.8 Å². The molecule has 1 aliphatic carbocycles. The van der Waals surface area contributed by atoms with E-state index >= 15 is 0 Å². The van der Waals surface area contributed by atoms with Crippen LogP contribution in [0.2, 0.25) is 0 Å². The number of nitrogens with zero attached hydrogens (tertiary/aromatic N) is 2. The van der Waals surface area contributed by atoms with Gasteiger partial charge in [-0.3, -0.25) is 0 Å². The lowest BCUT2D eigenvalue weighted by Crippen LogP contribution is -2.39. The molecule has 4 nitrogen and oxygen atoms in total. The minimum absolute atomic E-state index is 0.160. The molecule has 0 radical (unpaired) electrons. The summed E-state index contributed by atoms with van der Waals surface area (Å²) in [4.78, 5) is 0. The van der Waals surface area contributed by atoms with Crippen LogP contribution in [-0.2, 0) is 0 Å². The van der Waals surface area contributed by atoms with Gasteiger partial charge in [-0.25, -0.2) is 0 Å². The second-order valence-corrected chi connectivity index (χ2v) is 8.32. The fourth-order valence-electron chi connectivity index (χ4n) is 3.22. The number of nitrogens with two attached hydrogens (primary N) is 1. The third-order valence-electron chi connectivity index (χ3n) is 4.28. The van der Waals surface area contributed by atoms with E-state index in [1.807, 2.05) is 0 Å². The highest BCUT2D eigenvalue weighted by atomic mass is 32.2. The largest absolute Gasteiger partial charge is 0.384 e. The third kappa shape index (κ3) is 3.10. The molecule has 1 aliphatic heterocycles. The maximum atomic E-state index is 9.77. The molecule has 2 rings (SSSR count). The van der Waals surface area contributed by atoms with Gasteiger partial charge in [0, 0.05) is 11.2 Å². The summed E-state index contributed by atoms with van der Waals surface area (Å²) in [6.07, 6.45) is 4.94. The Hall–Kier alpha value is -1.59. The molecule has 0 saturated heterocycles. The average Bonchev–Trinajstić information content (AvgIpc) is 2.45. The first kappa shape index (κ1) is 16.8. The van der Waals surface area contributed by atoms with Crippen LogP contribution in [0.4, 0.5) is 0 Å². The molecule has 0 atom stereocenters. The van der Waals surface area contributed by atoms with Gasteiger partial charge in [-0.15, -0.1) is 11.8 Å². The molecule has 0 aromatic heterocycles. The van der Waals surface area contributed by atoms with E-state index in [2.05, 4.69) is 38.2 Å². The number of allylic oxidation sites excluding steroid dienone is 2. The van der Waals surface area contributed by atoms with E-state index in [4.69, 9.17) is 5.73 Å². The summed E-state index contributed by atoms with van der Waals surface area (Å²) in [5.74, 6) is 1.32. The Morgan fingerprint density at radius 2 is 1.73 bits per heavy atom. The van der Waals surface area contributed by atoms with Gasteiger partial charge in [0.1, 0.15) is 5.82 Å². The minimum atomic E-state index is -0.461. The van der Waals surface area contributed by atoms with Crippen LogP contribution in [0, 0.1) is 33.5 Å². The van der Waals surface area contributed by atoms with E-state index in [1.54, 1.807) is 11.8 Å². The molecule has 118 valence electrons. The third-order valence-corrected chi connectivity index (χ3v) is 5.89.